The Kier molecular flexibility index (Phi) is 4.41. The number of benzene rings is 2. The first-order chi connectivity index (χ1) is 12.2. The van der Waals surface area contributed by atoms with Gasteiger partial charge in [0, 0.05) is 11.1 Å². The van der Waals surface area contributed by atoms with Crippen molar-refractivity contribution in [2.24, 2.45) is 0 Å². The van der Waals surface area contributed by atoms with Crippen LogP contribution in [0.2, 0.25) is 0 Å². The largest absolute Gasteiger partial charge is 0.477 e. The molecule has 0 fully saturated rings. The molecule has 0 atom stereocenters. The lowest BCUT2D eigenvalue weighted by Crippen LogP contribution is -2.06. The first-order valence-corrected chi connectivity index (χ1v) is 7.30. The van der Waals surface area contributed by atoms with Gasteiger partial charge in [-0.3, -0.25) is 0 Å². The van der Waals surface area contributed by atoms with Crippen molar-refractivity contribution in [2.45, 2.75) is 6.18 Å². The standard InChI is InChI=1S/C18H10F4N2O2/c19-13-3-1-2-11(8-13)16-23-14(9-15(24-16)17(25)26)10-4-6-12(7-5-10)18(20,21)22/h1-9H,(H,25,26). The quantitative estimate of drug-likeness (QED) is 0.688. The lowest BCUT2D eigenvalue weighted by atomic mass is 10.1. The van der Waals surface area contributed by atoms with Crippen molar-refractivity contribution in [3.63, 3.8) is 0 Å². The summed E-state index contributed by atoms with van der Waals surface area (Å²) in [5, 5.41) is 9.22. The molecule has 8 heteroatoms. The van der Waals surface area contributed by atoms with E-state index in [0.717, 1.165) is 24.3 Å². The van der Waals surface area contributed by atoms with Crippen LogP contribution < -0.4 is 0 Å². The van der Waals surface area contributed by atoms with Crippen LogP contribution in [0.25, 0.3) is 22.6 Å². The summed E-state index contributed by atoms with van der Waals surface area (Å²) in [4.78, 5) is 19.3. The zero-order valence-electron chi connectivity index (χ0n) is 13.0. The van der Waals surface area contributed by atoms with Gasteiger partial charge in [0.2, 0.25) is 0 Å². The molecule has 0 saturated heterocycles. The number of hydrogen-bond donors (Lipinski definition) is 1. The molecular formula is C18H10F4N2O2. The zero-order chi connectivity index (χ0) is 18.9. The normalized spacial score (nSPS) is 11.4. The number of rotatable bonds is 3. The number of carboxylic acids is 1. The van der Waals surface area contributed by atoms with E-state index in [1.54, 1.807) is 0 Å². The third-order valence-electron chi connectivity index (χ3n) is 3.54. The Balaban J connectivity index is 2.11. The highest BCUT2D eigenvalue weighted by Gasteiger charge is 2.30. The fourth-order valence-corrected chi connectivity index (χ4v) is 2.29. The topological polar surface area (TPSA) is 63.1 Å². The Bertz CT molecular complexity index is 970. The fourth-order valence-electron chi connectivity index (χ4n) is 2.29. The Hall–Kier alpha value is -3.29. The van der Waals surface area contributed by atoms with E-state index in [2.05, 4.69) is 9.97 Å². The van der Waals surface area contributed by atoms with Gasteiger partial charge < -0.3 is 5.11 Å². The van der Waals surface area contributed by atoms with Crippen LogP contribution in [0, 0.1) is 5.82 Å². The number of carboxylic acid groups (broad SMARTS) is 1. The van der Waals surface area contributed by atoms with Crippen LogP contribution in [0.5, 0.6) is 0 Å². The second-order valence-corrected chi connectivity index (χ2v) is 5.35. The summed E-state index contributed by atoms with van der Waals surface area (Å²) in [5.41, 5.74) is -0.541. The molecule has 3 rings (SSSR count). The number of nitrogens with zero attached hydrogens (tertiary/aromatic N) is 2. The van der Waals surface area contributed by atoms with Crippen LogP contribution >= 0.6 is 0 Å². The Labute approximate surface area is 144 Å². The summed E-state index contributed by atoms with van der Waals surface area (Å²) in [7, 11) is 0. The molecule has 26 heavy (non-hydrogen) atoms. The van der Waals surface area contributed by atoms with Crippen molar-refractivity contribution >= 4 is 5.97 Å². The molecule has 2 aromatic carbocycles. The monoisotopic (exact) mass is 362 g/mol. The Morgan fingerprint density at radius 1 is 0.923 bits per heavy atom. The van der Waals surface area contributed by atoms with Crippen molar-refractivity contribution in [2.75, 3.05) is 0 Å². The van der Waals surface area contributed by atoms with Crippen LogP contribution in [0.15, 0.2) is 54.6 Å². The maximum atomic E-state index is 13.4. The predicted octanol–water partition coefficient (Wildman–Crippen LogP) is 4.67. The fraction of sp³-hybridized carbons (Fsp3) is 0.0556. The first-order valence-electron chi connectivity index (χ1n) is 7.30. The van der Waals surface area contributed by atoms with E-state index in [4.69, 9.17) is 0 Å². The van der Waals surface area contributed by atoms with E-state index in [-0.39, 0.29) is 28.3 Å². The molecule has 1 N–H and O–H groups in total. The second kappa shape index (κ2) is 6.55. The second-order valence-electron chi connectivity index (χ2n) is 5.35. The van der Waals surface area contributed by atoms with Crippen molar-refractivity contribution in [1.82, 2.24) is 9.97 Å². The maximum absolute atomic E-state index is 13.4. The smallest absolute Gasteiger partial charge is 0.416 e. The number of alkyl halides is 3. The molecule has 0 aliphatic heterocycles. The predicted molar refractivity (Wildman–Crippen MR) is 84.8 cm³/mol. The maximum Gasteiger partial charge on any atom is 0.416 e. The Morgan fingerprint density at radius 3 is 2.19 bits per heavy atom. The molecule has 4 nitrogen and oxygen atoms in total. The molecule has 1 heterocycles. The average Bonchev–Trinajstić information content (AvgIpc) is 2.60. The highest BCUT2D eigenvalue weighted by atomic mass is 19.4. The van der Waals surface area contributed by atoms with Crippen molar-refractivity contribution in [3.05, 3.63) is 71.7 Å². The van der Waals surface area contributed by atoms with Gasteiger partial charge in [-0.25, -0.2) is 19.2 Å². The molecule has 1 aromatic heterocycles. The van der Waals surface area contributed by atoms with Gasteiger partial charge in [0.25, 0.3) is 0 Å². The van der Waals surface area contributed by atoms with Crippen molar-refractivity contribution in [3.8, 4) is 22.6 Å². The SMILES string of the molecule is O=C(O)c1cc(-c2ccc(C(F)(F)F)cc2)nc(-c2cccc(F)c2)n1. The van der Waals surface area contributed by atoms with Gasteiger partial charge in [0.15, 0.2) is 11.5 Å². The van der Waals surface area contributed by atoms with Crippen LogP contribution in [0.1, 0.15) is 16.1 Å². The lowest BCUT2D eigenvalue weighted by Gasteiger charge is -2.09. The molecule has 0 bridgehead atoms. The van der Waals surface area contributed by atoms with Crippen molar-refractivity contribution in [1.29, 1.82) is 0 Å². The number of aromatic nitrogens is 2. The molecule has 0 radical (unpaired) electrons. The van der Waals surface area contributed by atoms with Gasteiger partial charge >= 0.3 is 12.1 Å². The minimum atomic E-state index is -4.48. The minimum Gasteiger partial charge on any atom is -0.477 e. The molecule has 0 aliphatic carbocycles. The average molecular weight is 362 g/mol. The molecular weight excluding hydrogens is 352 g/mol. The highest BCUT2D eigenvalue weighted by Crippen LogP contribution is 2.31. The number of halogens is 4. The molecule has 0 unspecified atom stereocenters. The number of hydrogen-bond acceptors (Lipinski definition) is 3. The van der Waals surface area contributed by atoms with Crippen LogP contribution in [0.3, 0.4) is 0 Å². The first kappa shape index (κ1) is 17.5. The van der Waals surface area contributed by atoms with Gasteiger partial charge in [-0.05, 0) is 30.3 Å². The van der Waals surface area contributed by atoms with Crippen LogP contribution in [-0.2, 0) is 6.18 Å². The van der Waals surface area contributed by atoms with Gasteiger partial charge in [0.1, 0.15) is 5.82 Å². The summed E-state index contributed by atoms with van der Waals surface area (Å²) in [5.74, 6) is -1.93. The van der Waals surface area contributed by atoms with Crippen LogP contribution in [0.4, 0.5) is 17.6 Å². The lowest BCUT2D eigenvalue weighted by molar-refractivity contribution is -0.137. The molecule has 0 saturated carbocycles. The van der Waals surface area contributed by atoms with E-state index >= 15 is 0 Å². The molecule has 0 amide bonds. The summed E-state index contributed by atoms with van der Waals surface area (Å²) >= 11 is 0. The third-order valence-corrected chi connectivity index (χ3v) is 3.54. The molecule has 0 spiro atoms. The Morgan fingerprint density at radius 2 is 1.62 bits per heavy atom. The van der Waals surface area contributed by atoms with Gasteiger partial charge in [-0.1, -0.05) is 24.3 Å². The third kappa shape index (κ3) is 3.69. The zero-order valence-corrected chi connectivity index (χ0v) is 13.0. The highest BCUT2D eigenvalue weighted by molar-refractivity contribution is 5.87. The van der Waals surface area contributed by atoms with E-state index in [0.29, 0.717) is 0 Å². The van der Waals surface area contributed by atoms with Gasteiger partial charge in [-0.2, -0.15) is 13.2 Å². The van der Waals surface area contributed by atoms with Crippen LogP contribution in [-0.4, -0.2) is 21.0 Å². The summed E-state index contributed by atoms with van der Waals surface area (Å²) in [6.45, 7) is 0. The summed E-state index contributed by atoms with van der Waals surface area (Å²) in [6.07, 6.45) is -4.48. The van der Waals surface area contributed by atoms with E-state index in [1.807, 2.05) is 0 Å². The van der Waals surface area contributed by atoms with Gasteiger partial charge in [0.05, 0.1) is 11.3 Å². The van der Waals surface area contributed by atoms with E-state index in [9.17, 15) is 27.5 Å². The van der Waals surface area contributed by atoms with Gasteiger partial charge in [-0.15, -0.1) is 0 Å². The van der Waals surface area contributed by atoms with E-state index < -0.39 is 23.5 Å². The summed E-state index contributed by atoms with van der Waals surface area (Å²) in [6, 6.07) is 10.5. The van der Waals surface area contributed by atoms with Crippen molar-refractivity contribution < 1.29 is 27.5 Å². The summed E-state index contributed by atoms with van der Waals surface area (Å²) < 4.78 is 51.4. The molecule has 3 aromatic rings. The number of carbonyl (C=O) groups is 1. The number of aromatic carboxylic acids is 1. The molecule has 132 valence electrons. The minimum absolute atomic E-state index is 0.0423. The molecule has 0 aliphatic rings. The van der Waals surface area contributed by atoms with E-state index in [1.165, 1.54) is 30.3 Å².